The molecule has 0 fully saturated rings. The molecule has 2 aromatic rings. The first-order valence-electron chi connectivity index (χ1n) is 6.22. The monoisotopic (exact) mass is 227 g/mol. The fraction of sp³-hybridized carbons (Fsp3) is 0.333. The summed E-state index contributed by atoms with van der Waals surface area (Å²) >= 11 is 0. The zero-order valence-electron chi connectivity index (χ0n) is 9.86. The molecule has 1 heterocycles. The predicted molar refractivity (Wildman–Crippen MR) is 67.8 cm³/mol. The summed E-state index contributed by atoms with van der Waals surface area (Å²) in [6, 6.07) is 12.7. The smallest absolute Gasteiger partial charge is 0.117 e. The zero-order chi connectivity index (χ0) is 11.5. The first-order valence-corrected chi connectivity index (χ1v) is 6.22. The van der Waals surface area contributed by atoms with Crippen molar-refractivity contribution in [1.82, 2.24) is 5.32 Å². The van der Waals surface area contributed by atoms with Gasteiger partial charge in [-0.1, -0.05) is 24.3 Å². The van der Waals surface area contributed by atoms with Crippen molar-refractivity contribution in [2.75, 3.05) is 6.54 Å². The van der Waals surface area contributed by atoms with Gasteiger partial charge in [-0.2, -0.15) is 0 Å². The van der Waals surface area contributed by atoms with E-state index in [0.717, 1.165) is 24.8 Å². The van der Waals surface area contributed by atoms with E-state index in [-0.39, 0.29) is 0 Å². The molecule has 0 aliphatic heterocycles. The number of benzene rings is 1. The average Bonchev–Trinajstić information content (AvgIpc) is 2.96. The van der Waals surface area contributed by atoms with Gasteiger partial charge in [0.05, 0.1) is 12.8 Å². The van der Waals surface area contributed by atoms with Gasteiger partial charge in [0.1, 0.15) is 5.76 Å². The molecule has 3 rings (SSSR count). The van der Waals surface area contributed by atoms with Crippen LogP contribution in [-0.4, -0.2) is 6.54 Å². The Morgan fingerprint density at radius 3 is 2.47 bits per heavy atom. The maximum atomic E-state index is 5.30. The first-order chi connectivity index (χ1) is 8.42. The molecule has 1 aromatic carbocycles. The molecular formula is C15H17NO. The normalized spacial score (nSPS) is 15.1. The van der Waals surface area contributed by atoms with Crippen molar-refractivity contribution in [2.45, 2.75) is 19.4 Å². The second-order valence-electron chi connectivity index (χ2n) is 4.75. The fourth-order valence-electron chi connectivity index (χ4n) is 2.61. The van der Waals surface area contributed by atoms with Gasteiger partial charge >= 0.3 is 0 Å². The Kier molecular flexibility index (Phi) is 2.97. The third-order valence-electron chi connectivity index (χ3n) is 3.45. The van der Waals surface area contributed by atoms with E-state index in [9.17, 15) is 0 Å². The minimum absolute atomic E-state index is 0.738. The van der Waals surface area contributed by atoms with Crippen molar-refractivity contribution >= 4 is 0 Å². The van der Waals surface area contributed by atoms with Crippen LogP contribution in [0, 0.1) is 5.92 Å². The largest absolute Gasteiger partial charge is 0.468 e. The van der Waals surface area contributed by atoms with Crippen LogP contribution in [0.3, 0.4) is 0 Å². The van der Waals surface area contributed by atoms with Crippen LogP contribution in [0.5, 0.6) is 0 Å². The summed E-state index contributed by atoms with van der Waals surface area (Å²) in [6.45, 7) is 1.90. The third-order valence-corrected chi connectivity index (χ3v) is 3.45. The minimum Gasteiger partial charge on any atom is -0.468 e. The highest BCUT2D eigenvalue weighted by atomic mass is 16.3. The molecule has 1 aliphatic carbocycles. The van der Waals surface area contributed by atoms with E-state index in [2.05, 4.69) is 29.6 Å². The van der Waals surface area contributed by atoms with E-state index in [1.165, 1.54) is 24.0 Å². The molecule has 1 aromatic heterocycles. The van der Waals surface area contributed by atoms with Crippen molar-refractivity contribution < 1.29 is 4.42 Å². The van der Waals surface area contributed by atoms with Crippen LogP contribution in [0.25, 0.3) is 0 Å². The Balaban J connectivity index is 1.49. The van der Waals surface area contributed by atoms with Crippen LogP contribution in [0.1, 0.15) is 16.9 Å². The highest BCUT2D eigenvalue weighted by Gasteiger charge is 2.20. The molecule has 2 heteroatoms. The maximum Gasteiger partial charge on any atom is 0.117 e. The molecule has 17 heavy (non-hydrogen) atoms. The summed E-state index contributed by atoms with van der Waals surface area (Å²) < 4.78 is 5.30. The summed E-state index contributed by atoms with van der Waals surface area (Å²) in [6.07, 6.45) is 4.14. The summed E-state index contributed by atoms with van der Waals surface area (Å²) in [5, 5.41) is 3.47. The Morgan fingerprint density at radius 2 is 1.82 bits per heavy atom. The van der Waals surface area contributed by atoms with Gasteiger partial charge < -0.3 is 9.73 Å². The van der Waals surface area contributed by atoms with Crippen LogP contribution in [0.4, 0.5) is 0 Å². The van der Waals surface area contributed by atoms with Gasteiger partial charge in [-0.15, -0.1) is 0 Å². The molecule has 0 amide bonds. The first kappa shape index (κ1) is 10.6. The van der Waals surface area contributed by atoms with E-state index in [1.807, 2.05) is 12.1 Å². The standard InChI is InChI=1S/C15H17NO/c1-2-5-14-9-12(8-13(14)4-1)10-16-11-15-6-3-7-17-15/h1-7,12,16H,8-11H2. The lowest BCUT2D eigenvalue weighted by Gasteiger charge is -2.09. The fourth-order valence-corrected chi connectivity index (χ4v) is 2.61. The highest BCUT2D eigenvalue weighted by Crippen LogP contribution is 2.25. The number of rotatable bonds is 4. The maximum absolute atomic E-state index is 5.30. The molecule has 2 nitrogen and oxygen atoms in total. The second kappa shape index (κ2) is 4.76. The van der Waals surface area contributed by atoms with Gasteiger partial charge in [-0.25, -0.2) is 0 Å². The topological polar surface area (TPSA) is 25.2 Å². The summed E-state index contributed by atoms with van der Waals surface area (Å²) in [5.41, 5.74) is 3.05. The lowest BCUT2D eigenvalue weighted by atomic mass is 10.1. The van der Waals surface area contributed by atoms with Gasteiger partial charge in [0.15, 0.2) is 0 Å². The van der Waals surface area contributed by atoms with Crippen molar-refractivity contribution in [3.63, 3.8) is 0 Å². The Labute approximate surface area is 102 Å². The van der Waals surface area contributed by atoms with Crippen LogP contribution in [0.2, 0.25) is 0 Å². The van der Waals surface area contributed by atoms with Crippen LogP contribution in [-0.2, 0) is 19.4 Å². The van der Waals surface area contributed by atoms with Crippen LogP contribution in [0.15, 0.2) is 47.1 Å². The summed E-state index contributed by atoms with van der Waals surface area (Å²) in [5.74, 6) is 1.75. The summed E-state index contributed by atoms with van der Waals surface area (Å²) in [4.78, 5) is 0. The molecule has 0 saturated heterocycles. The van der Waals surface area contributed by atoms with Gasteiger partial charge in [-0.3, -0.25) is 0 Å². The van der Waals surface area contributed by atoms with E-state index in [4.69, 9.17) is 4.42 Å². The number of fused-ring (bicyclic) bond motifs is 1. The molecule has 1 N–H and O–H groups in total. The average molecular weight is 227 g/mol. The van der Waals surface area contributed by atoms with Gasteiger partial charge in [0.2, 0.25) is 0 Å². The SMILES string of the molecule is c1coc(CNCC2Cc3ccccc3C2)c1. The van der Waals surface area contributed by atoms with E-state index in [1.54, 1.807) is 6.26 Å². The molecular weight excluding hydrogens is 210 g/mol. The minimum atomic E-state index is 0.738. The number of furan rings is 1. The molecule has 0 unspecified atom stereocenters. The van der Waals surface area contributed by atoms with E-state index >= 15 is 0 Å². The number of hydrogen-bond donors (Lipinski definition) is 1. The lowest BCUT2D eigenvalue weighted by molar-refractivity contribution is 0.447. The van der Waals surface area contributed by atoms with E-state index < -0.39 is 0 Å². The predicted octanol–water partition coefficient (Wildman–Crippen LogP) is 2.78. The van der Waals surface area contributed by atoms with Crippen molar-refractivity contribution in [3.8, 4) is 0 Å². The Hall–Kier alpha value is -1.54. The van der Waals surface area contributed by atoms with Gasteiger partial charge in [0, 0.05) is 0 Å². The van der Waals surface area contributed by atoms with Crippen LogP contribution >= 0.6 is 0 Å². The van der Waals surface area contributed by atoms with Crippen molar-refractivity contribution in [3.05, 3.63) is 59.5 Å². The Bertz CT molecular complexity index is 450. The second-order valence-corrected chi connectivity index (χ2v) is 4.75. The number of nitrogens with one attached hydrogen (secondary N) is 1. The molecule has 88 valence electrons. The van der Waals surface area contributed by atoms with Crippen LogP contribution < -0.4 is 5.32 Å². The molecule has 1 aliphatic rings. The van der Waals surface area contributed by atoms with Crippen molar-refractivity contribution in [1.29, 1.82) is 0 Å². The molecule has 0 spiro atoms. The zero-order valence-corrected chi connectivity index (χ0v) is 9.86. The quantitative estimate of drug-likeness (QED) is 0.869. The molecule has 0 atom stereocenters. The molecule has 0 radical (unpaired) electrons. The summed E-state index contributed by atoms with van der Waals surface area (Å²) in [7, 11) is 0. The van der Waals surface area contributed by atoms with Gasteiger partial charge in [0.25, 0.3) is 0 Å². The molecule has 0 bridgehead atoms. The third kappa shape index (κ3) is 2.42. The Morgan fingerprint density at radius 1 is 1.06 bits per heavy atom. The highest BCUT2D eigenvalue weighted by molar-refractivity contribution is 5.32. The van der Waals surface area contributed by atoms with Crippen molar-refractivity contribution in [2.24, 2.45) is 5.92 Å². The van der Waals surface area contributed by atoms with Gasteiger partial charge in [-0.05, 0) is 48.6 Å². The molecule has 0 saturated carbocycles. The van der Waals surface area contributed by atoms with E-state index in [0.29, 0.717) is 0 Å². The lowest BCUT2D eigenvalue weighted by Crippen LogP contribution is -2.22. The number of hydrogen-bond acceptors (Lipinski definition) is 2.